The first-order chi connectivity index (χ1) is 10.5. The Bertz CT molecular complexity index is 684. The monoisotopic (exact) mass is 335 g/mol. The summed E-state index contributed by atoms with van der Waals surface area (Å²) in [5, 5.41) is 7.80. The molecule has 0 unspecified atom stereocenters. The Morgan fingerprint density at radius 2 is 1.86 bits per heavy atom. The number of carbonyl (C=O) groups excluding carboxylic acids is 1. The van der Waals surface area contributed by atoms with Crippen LogP contribution < -0.4 is 10.7 Å². The Labute approximate surface area is 139 Å². The van der Waals surface area contributed by atoms with Gasteiger partial charge in [-0.3, -0.25) is 4.79 Å². The van der Waals surface area contributed by atoms with Crippen LogP contribution in [0.4, 0.5) is 5.69 Å². The standard InChI is InChI=1S/C16H15Cl2N3O/c1-11-2-5-13(6-3-11)19-10-16(22)21-20-9-12-4-7-14(17)15(18)8-12/h2-9,19H,10H2,1H3,(H,21,22). The number of carbonyl (C=O) groups is 1. The van der Waals surface area contributed by atoms with Crippen molar-refractivity contribution in [2.45, 2.75) is 6.92 Å². The SMILES string of the molecule is Cc1ccc(NCC(=O)NN=Cc2ccc(Cl)c(Cl)c2)cc1. The fourth-order valence-electron chi connectivity index (χ4n) is 1.66. The molecule has 0 aliphatic rings. The van der Waals surface area contributed by atoms with E-state index in [0.29, 0.717) is 10.0 Å². The molecular formula is C16H15Cl2N3O. The molecule has 0 bridgehead atoms. The van der Waals surface area contributed by atoms with Gasteiger partial charge in [0.05, 0.1) is 22.8 Å². The molecule has 0 aromatic heterocycles. The summed E-state index contributed by atoms with van der Waals surface area (Å²) < 4.78 is 0. The van der Waals surface area contributed by atoms with Crippen LogP contribution in [0.3, 0.4) is 0 Å². The average molecular weight is 336 g/mol. The molecule has 0 saturated carbocycles. The normalized spacial score (nSPS) is 10.7. The highest BCUT2D eigenvalue weighted by Gasteiger charge is 2.00. The smallest absolute Gasteiger partial charge is 0.259 e. The molecule has 114 valence electrons. The summed E-state index contributed by atoms with van der Waals surface area (Å²) in [6, 6.07) is 12.9. The second-order valence-corrected chi connectivity index (χ2v) is 5.50. The Hall–Kier alpha value is -2.04. The van der Waals surface area contributed by atoms with Gasteiger partial charge in [0.25, 0.3) is 5.91 Å². The van der Waals surface area contributed by atoms with Gasteiger partial charge in [-0.1, -0.05) is 47.0 Å². The number of aryl methyl sites for hydroxylation is 1. The van der Waals surface area contributed by atoms with E-state index in [1.54, 1.807) is 18.2 Å². The van der Waals surface area contributed by atoms with Gasteiger partial charge in [0.2, 0.25) is 0 Å². The van der Waals surface area contributed by atoms with Gasteiger partial charge in [-0.05, 0) is 36.8 Å². The van der Waals surface area contributed by atoms with E-state index in [1.807, 2.05) is 31.2 Å². The second-order valence-electron chi connectivity index (χ2n) is 4.69. The van der Waals surface area contributed by atoms with E-state index in [-0.39, 0.29) is 12.5 Å². The van der Waals surface area contributed by atoms with Gasteiger partial charge < -0.3 is 5.32 Å². The summed E-state index contributed by atoms with van der Waals surface area (Å²) in [7, 11) is 0. The quantitative estimate of drug-likeness (QED) is 0.643. The Morgan fingerprint density at radius 1 is 1.14 bits per heavy atom. The molecule has 0 aliphatic heterocycles. The summed E-state index contributed by atoms with van der Waals surface area (Å²) >= 11 is 11.7. The zero-order valence-electron chi connectivity index (χ0n) is 11.9. The predicted octanol–water partition coefficient (Wildman–Crippen LogP) is 3.86. The van der Waals surface area contributed by atoms with Gasteiger partial charge in [-0.15, -0.1) is 0 Å². The Morgan fingerprint density at radius 3 is 2.55 bits per heavy atom. The lowest BCUT2D eigenvalue weighted by Crippen LogP contribution is -2.25. The molecule has 0 radical (unpaired) electrons. The molecule has 2 aromatic carbocycles. The first-order valence-corrected chi connectivity index (χ1v) is 7.38. The molecule has 0 saturated heterocycles. The van der Waals surface area contributed by atoms with Crippen molar-refractivity contribution in [3.63, 3.8) is 0 Å². The van der Waals surface area contributed by atoms with Gasteiger partial charge in [0.1, 0.15) is 0 Å². The van der Waals surface area contributed by atoms with Gasteiger partial charge >= 0.3 is 0 Å². The molecule has 22 heavy (non-hydrogen) atoms. The number of hydrogen-bond donors (Lipinski definition) is 2. The fraction of sp³-hybridized carbons (Fsp3) is 0.125. The summed E-state index contributed by atoms with van der Waals surface area (Å²) in [6.07, 6.45) is 1.51. The number of benzene rings is 2. The number of nitrogens with one attached hydrogen (secondary N) is 2. The highest BCUT2D eigenvalue weighted by Crippen LogP contribution is 2.21. The van der Waals surface area contributed by atoms with Gasteiger partial charge in [0.15, 0.2) is 0 Å². The lowest BCUT2D eigenvalue weighted by molar-refractivity contribution is -0.119. The van der Waals surface area contributed by atoms with E-state index < -0.39 is 0 Å². The number of amides is 1. The maximum absolute atomic E-state index is 11.7. The van der Waals surface area contributed by atoms with Crippen LogP contribution in [0.5, 0.6) is 0 Å². The lowest BCUT2D eigenvalue weighted by atomic mass is 10.2. The number of hydrazone groups is 1. The third-order valence-electron chi connectivity index (χ3n) is 2.85. The van der Waals surface area contributed by atoms with Crippen LogP contribution in [-0.4, -0.2) is 18.7 Å². The maximum atomic E-state index is 11.7. The Kier molecular flexibility index (Phi) is 5.81. The molecule has 0 fully saturated rings. The van der Waals surface area contributed by atoms with Gasteiger partial charge in [-0.25, -0.2) is 5.43 Å². The number of anilines is 1. The van der Waals surface area contributed by atoms with E-state index in [1.165, 1.54) is 11.8 Å². The average Bonchev–Trinajstić information content (AvgIpc) is 2.50. The molecule has 2 N–H and O–H groups in total. The van der Waals surface area contributed by atoms with Crippen LogP contribution in [0.15, 0.2) is 47.6 Å². The second kappa shape index (κ2) is 7.82. The summed E-state index contributed by atoms with van der Waals surface area (Å²) in [4.78, 5) is 11.7. The van der Waals surface area contributed by atoms with Crippen molar-refractivity contribution >= 4 is 41.0 Å². The van der Waals surface area contributed by atoms with Crippen LogP contribution in [0, 0.1) is 6.92 Å². The topological polar surface area (TPSA) is 53.5 Å². The maximum Gasteiger partial charge on any atom is 0.259 e. The van der Waals surface area contributed by atoms with Crippen molar-refractivity contribution in [3.05, 3.63) is 63.6 Å². The number of rotatable bonds is 5. The van der Waals surface area contributed by atoms with Crippen molar-refractivity contribution in [3.8, 4) is 0 Å². The fourth-order valence-corrected chi connectivity index (χ4v) is 1.97. The van der Waals surface area contributed by atoms with E-state index in [4.69, 9.17) is 23.2 Å². The Balaban J connectivity index is 1.80. The summed E-state index contributed by atoms with van der Waals surface area (Å²) in [5.41, 5.74) is 5.24. The number of nitrogens with zero attached hydrogens (tertiary/aromatic N) is 1. The van der Waals surface area contributed by atoms with Crippen LogP contribution >= 0.6 is 23.2 Å². The molecule has 2 rings (SSSR count). The van der Waals surface area contributed by atoms with Crippen LogP contribution in [-0.2, 0) is 4.79 Å². The molecular weight excluding hydrogens is 321 g/mol. The van der Waals surface area contributed by atoms with Crippen molar-refractivity contribution < 1.29 is 4.79 Å². The van der Waals surface area contributed by atoms with Crippen molar-refractivity contribution in [2.24, 2.45) is 5.10 Å². The zero-order valence-corrected chi connectivity index (χ0v) is 13.4. The number of hydrogen-bond acceptors (Lipinski definition) is 3. The third kappa shape index (κ3) is 5.06. The van der Waals surface area contributed by atoms with Crippen molar-refractivity contribution in [2.75, 3.05) is 11.9 Å². The van der Waals surface area contributed by atoms with Crippen molar-refractivity contribution in [1.29, 1.82) is 0 Å². The molecule has 1 amide bonds. The third-order valence-corrected chi connectivity index (χ3v) is 3.59. The molecule has 0 aliphatic carbocycles. The molecule has 4 nitrogen and oxygen atoms in total. The molecule has 0 heterocycles. The largest absolute Gasteiger partial charge is 0.376 e. The highest BCUT2D eigenvalue weighted by atomic mass is 35.5. The minimum Gasteiger partial charge on any atom is -0.376 e. The van der Waals surface area contributed by atoms with E-state index in [2.05, 4.69) is 15.8 Å². The molecule has 0 atom stereocenters. The summed E-state index contributed by atoms with van der Waals surface area (Å²) in [6.45, 7) is 2.15. The van der Waals surface area contributed by atoms with E-state index >= 15 is 0 Å². The predicted molar refractivity (Wildman–Crippen MR) is 91.9 cm³/mol. The molecule has 2 aromatic rings. The van der Waals surface area contributed by atoms with Crippen molar-refractivity contribution in [1.82, 2.24) is 5.43 Å². The summed E-state index contributed by atoms with van der Waals surface area (Å²) in [5.74, 6) is -0.239. The lowest BCUT2D eigenvalue weighted by Gasteiger charge is -2.05. The van der Waals surface area contributed by atoms with E-state index in [9.17, 15) is 4.79 Å². The van der Waals surface area contributed by atoms with E-state index in [0.717, 1.165) is 11.3 Å². The first kappa shape index (κ1) is 16.3. The molecule has 0 spiro atoms. The number of halogens is 2. The first-order valence-electron chi connectivity index (χ1n) is 6.62. The minimum atomic E-state index is -0.239. The highest BCUT2D eigenvalue weighted by molar-refractivity contribution is 6.42. The van der Waals surface area contributed by atoms with Gasteiger partial charge in [-0.2, -0.15) is 5.10 Å². The zero-order chi connectivity index (χ0) is 15.9. The van der Waals surface area contributed by atoms with Crippen LogP contribution in [0.25, 0.3) is 0 Å². The van der Waals surface area contributed by atoms with Crippen LogP contribution in [0.2, 0.25) is 10.0 Å². The minimum absolute atomic E-state index is 0.141. The molecule has 6 heteroatoms. The van der Waals surface area contributed by atoms with Gasteiger partial charge in [0, 0.05) is 5.69 Å². The van der Waals surface area contributed by atoms with Crippen LogP contribution in [0.1, 0.15) is 11.1 Å².